The van der Waals surface area contributed by atoms with Gasteiger partial charge in [-0.2, -0.15) is 0 Å². The predicted molar refractivity (Wildman–Crippen MR) is 122 cm³/mol. The summed E-state index contributed by atoms with van der Waals surface area (Å²) >= 11 is 0. The molecule has 0 unspecified atom stereocenters. The van der Waals surface area contributed by atoms with E-state index in [1.165, 1.54) is 0 Å². The minimum Gasteiger partial charge on any atom is -0.393 e. The van der Waals surface area contributed by atoms with E-state index >= 15 is 0 Å². The summed E-state index contributed by atoms with van der Waals surface area (Å²) in [6.07, 6.45) is 7.53. The Labute approximate surface area is 189 Å². The van der Waals surface area contributed by atoms with Gasteiger partial charge in [0.05, 0.1) is 18.3 Å². The molecule has 0 saturated heterocycles. The maximum absolute atomic E-state index is 11.9. The zero-order valence-corrected chi connectivity index (χ0v) is 20.4. The molecule has 4 saturated carbocycles. The Morgan fingerprint density at radius 1 is 0.968 bits per heavy atom. The fourth-order valence-corrected chi connectivity index (χ4v) is 9.39. The second-order valence-corrected chi connectivity index (χ2v) is 12.6. The highest BCUT2D eigenvalue weighted by Gasteiger charge is 2.69. The monoisotopic (exact) mass is 434 g/mol. The molecule has 4 fully saturated rings. The molecule has 0 bridgehead atoms. The Morgan fingerprint density at radius 2 is 1.68 bits per heavy atom. The first-order valence-electron chi connectivity index (χ1n) is 13.0. The molecule has 0 amide bonds. The van der Waals surface area contributed by atoms with E-state index in [0.717, 1.165) is 44.9 Å². The molecular weight excluding hydrogens is 388 g/mol. The number of fused-ring (bicyclic) bond motifs is 5. The van der Waals surface area contributed by atoms with Gasteiger partial charge in [-0.25, -0.2) is 0 Å². The van der Waals surface area contributed by atoms with Crippen LogP contribution in [0.3, 0.4) is 0 Å². The van der Waals surface area contributed by atoms with Gasteiger partial charge in [0.15, 0.2) is 0 Å². The SMILES string of the molecule is CCC(=O)CC[C@@H](C)[C@H]1CC[C@H]2[C@@H]3C[C@H](O)[C@@H]4C[C@H](O)CC[C@]4(C)[C@@]3(C)C[C@H](O)[C@]12C. The van der Waals surface area contributed by atoms with Gasteiger partial charge in [-0.3, -0.25) is 4.79 Å². The van der Waals surface area contributed by atoms with E-state index in [9.17, 15) is 20.1 Å². The van der Waals surface area contributed by atoms with Crippen LogP contribution < -0.4 is 0 Å². The van der Waals surface area contributed by atoms with Crippen LogP contribution in [0.5, 0.6) is 0 Å². The molecule has 4 rings (SSSR count). The number of aliphatic hydroxyl groups is 3. The van der Waals surface area contributed by atoms with E-state index in [4.69, 9.17) is 0 Å². The van der Waals surface area contributed by atoms with Crippen LogP contribution in [0.2, 0.25) is 0 Å². The van der Waals surface area contributed by atoms with Gasteiger partial charge in [0.2, 0.25) is 0 Å². The van der Waals surface area contributed by atoms with Crippen LogP contribution in [0.25, 0.3) is 0 Å². The lowest BCUT2D eigenvalue weighted by atomic mass is 9.37. The molecule has 4 heteroatoms. The van der Waals surface area contributed by atoms with Crippen molar-refractivity contribution in [3.05, 3.63) is 0 Å². The normalized spacial score (nSPS) is 52.7. The third-order valence-electron chi connectivity index (χ3n) is 11.6. The maximum atomic E-state index is 11.9. The summed E-state index contributed by atoms with van der Waals surface area (Å²) in [5, 5.41) is 33.3. The minimum atomic E-state index is -0.351. The fraction of sp³-hybridized carbons (Fsp3) is 0.963. The molecule has 0 aromatic carbocycles. The molecule has 4 aliphatic rings. The standard InChI is InChI=1S/C27H46O4/c1-6-17(28)8-7-16(2)19-9-10-20-21-14-23(30)22-13-18(29)11-12-25(22,3)26(21,4)15-24(31)27(19,20)5/h16,18-24,29-31H,6-15H2,1-5H3/t16-,18-,19-,20+,21+,22+,23+,24+,25+,26+,27-/m1/s1. The van der Waals surface area contributed by atoms with Gasteiger partial charge in [-0.1, -0.05) is 34.6 Å². The first kappa shape index (κ1) is 23.7. The third kappa shape index (κ3) is 3.37. The summed E-state index contributed by atoms with van der Waals surface area (Å²) in [5.41, 5.74) is -0.166. The number of ketones is 1. The van der Waals surface area contributed by atoms with Gasteiger partial charge in [-0.15, -0.1) is 0 Å². The van der Waals surface area contributed by atoms with Crippen molar-refractivity contribution in [2.75, 3.05) is 0 Å². The van der Waals surface area contributed by atoms with Crippen LogP contribution in [0.1, 0.15) is 98.8 Å². The molecule has 4 nitrogen and oxygen atoms in total. The smallest absolute Gasteiger partial charge is 0.132 e. The summed E-state index contributed by atoms with van der Waals surface area (Å²) < 4.78 is 0. The Kier molecular flexibility index (Phi) is 6.19. The zero-order valence-electron chi connectivity index (χ0n) is 20.4. The maximum Gasteiger partial charge on any atom is 0.132 e. The molecule has 3 N–H and O–H groups in total. The van der Waals surface area contributed by atoms with E-state index in [0.29, 0.717) is 48.7 Å². The summed E-state index contributed by atoms with van der Waals surface area (Å²) in [6.45, 7) is 11.3. The quantitative estimate of drug-likeness (QED) is 0.584. The number of rotatable bonds is 5. The third-order valence-corrected chi connectivity index (χ3v) is 11.6. The van der Waals surface area contributed by atoms with Crippen LogP contribution in [0, 0.1) is 45.8 Å². The average Bonchev–Trinajstić information content (AvgIpc) is 3.08. The van der Waals surface area contributed by atoms with Crippen molar-refractivity contribution in [2.24, 2.45) is 45.8 Å². The number of aliphatic hydroxyl groups excluding tert-OH is 3. The van der Waals surface area contributed by atoms with Gasteiger partial charge in [-0.05, 0) is 97.2 Å². The van der Waals surface area contributed by atoms with Gasteiger partial charge in [0.25, 0.3) is 0 Å². The zero-order chi connectivity index (χ0) is 22.8. The number of carbonyl (C=O) groups is 1. The summed E-state index contributed by atoms with van der Waals surface area (Å²) in [4.78, 5) is 11.9. The van der Waals surface area contributed by atoms with Crippen molar-refractivity contribution in [1.29, 1.82) is 0 Å². The van der Waals surface area contributed by atoms with Crippen molar-refractivity contribution >= 4 is 5.78 Å². The van der Waals surface area contributed by atoms with Crippen molar-refractivity contribution in [3.63, 3.8) is 0 Å². The molecule has 0 radical (unpaired) electrons. The fourth-order valence-electron chi connectivity index (χ4n) is 9.39. The Hall–Kier alpha value is -0.450. The van der Waals surface area contributed by atoms with Gasteiger partial charge < -0.3 is 15.3 Å². The Morgan fingerprint density at radius 3 is 2.35 bits per heavy atom. The first-order valence-corrected chi connectivity index (χ1v) is 13.0. The van der Waals surface area contributed by atoms with E-state index < -0.39 is 0 Å². The highest BCUT2D eigenvalue weighted by Crippen LogP contribution is 2.73. The van der Waals surface area contributed by atoms with E-state index in [2.05, 4.69) is 27.7 Å². The van der Waals surface area contributed by atoms with Crippen molar-refractivity contribution in [1.82, 2.24) is 0 Å². The molecule has 0 aliphatic heterocycles. The molecule has 0 aromatic heterocycles. The minimum absolute atomic E-state index is 0.00304. The molecule has 0 spiro atoms. The molecule has 31 heavy (non-hydrogen) atoms. The van der Waals surface area contributed by atoms with Crippen LogP contribution in [-0.4, -0.2) is 39.4 Å². The second-order valence-electron chi connectivity index (χ2n) is 12.6. The first-order chi connectivity index (χ1) is 14.5. The second kappa shape index (κ2) is 8.09. The van der Waals surface area contributed by atoms with Gasteiger partial charge in [0, 0.05) is 12.8 Å². The highest BCUT2D eigenvalue weighted by molar-refractivity contribution is 5.77. The van der Waals surface area contributed by atoms with Gasteiger partial charge in [0.1, 0.15) is 5.78 Å². The predicted octanol–water partition coefficient (Wildman–Crippen LogP) is 4.73. The molecule has 4 aliphatic carbocycles. The van der Waals surface area contributed by atoms with Gasteiger partial charge >= 0.3 is 0 Å². The summed E-state index contributed by atoms with van der Waals surface area (Å²) in [5.74, 6) is 2.20. The molecule has 11 atom stereocenters. The van der Waals surface area contributed by atoms with Crippen molar-refractivity contribution in [2.45, 2.75) is 117 Å². The summed E-state index contributed by atoms with van der Waals surface area (Å²) in [7, 11) is 0. The van der Waals surface area contributed by atoms with Crippen molar-refractivity contribution < 1.29 is 20.1 Å². The molecule has 0 aromatic rings. The van der Waals surface area contributed by atoms with Crippen molar-refractivity contribution in [3.8, 4) is 0 Å². The highest BCUT2D eigenvalue weighted by atomic mass is 16.3. The van der Waals surface area contributed by atoms with Crippen LogP contribution in [-0.2, 0) is 4.79 Å². The largest absolute Gasteiger partial charge is 0.393 e. The van der Waals surface area contributed by atoms with Crippen LogP contribution in [0.4, 0.5) is 0 Å². The molecular formula is C27H46O4. The van der Waals surface area contributed by atoms with E-state index in [-0.39, 0.29) is 40.5 Å². The lowest BCUT2D eigenvalue weighted by Crippen LogP contribution is -2.66. The lowest BCUT2D eigenvalue weighted by Gasteiger charge is -2.68. The number of Topliss-reactive ketones (excluding diaryl/α,β-unsaturated/α-hetero) is 1. The molecule has 0 heterocycles. The summed E-state index contributed by atoms with van der Waals surface area (Å²) in [6, 6.07) is 0. The number of hydrogen-bond acceptors (Lipinski definition) is 4. The Bertz CT molecular complexity index is 693. The average molecular weight is 435 g/mol. The van der Waals surface area contributed by atoms with E-state index in [1.807, 2.05) is 6.92 Å². The molecule has 178 valence electrons. The number of carbonyl (C=O) groups excluding carboxylic acids is 1. The van der Waals surface area contributed by atoms with Crippen LogP contribution >= 0.6 is 0 Å². The topological polar surface area (TPSA) is 77.8 Å². The number of hydrogen-bond donors (Lipinski definition) is 3. The Balaban J connectivity index is 1.62. The van der Waals surface area contributed by atoms with Crippen LogP contribution in [0.15, 0.2) is 0 Å². The lowest BCUT2D eigenvalue weighted by molar-refractivity contribution is -0.246. The van der Waals surface area contributed by atoms with E-state index in [1.54, 1.807) is 0 Å².